The summed E-state index contributed by atoms with van der Waals surface area (Å²) in [4.78, 5) is 30.6. The van der Waals surface area contributed by atoms with Crippen LogP contribution in [-0.4, -0.2) is 41.2 Å². The molecule has 0 bridgehead atoms. The lowest BCUT2D eigenvalue weighted by Gasteiger charge is -2.27. The molecule has 0 saturated carbocycles. The smallest absolute Gasteiger partial charge is 0.264 e. The molecule has 5 nitrogen and oxygen atoms in total. The van der Waals surface area contributed by atoms with E-state index < -0.39 is 0 Å². The van der Waals surface area contributed by atoms with Crippen LogP contribution >= 0.6 is 11.3 Å². The number of aryl methyl sites for hydroxylation is 1. The number of nitrogens with zero attached hydrogens (tertiary/aromatic N) is 2. The first-order chi connectivity index (χ1) is 15.4. The van der Waals surface area contributed by atoms with Gasteiger partial charge in [-0.05, 0) is 54.8 Å². The van der Waals surface area contributed by atoms with Crippen LogP contribution < -0.4 is 0 Å². The van der Waals surface area contributed by atoms with Crippen LogP contribution in [0.3, 0.4) is 0 Å². The van der Waals surface area contributed by atoms with Crippen molar-refractivity contribution in [2.45, 2.75) is 40.2 Å². The first-order valence-electron chi connectivity index (χ1n) is 11.1. The van der Waals surface area contributed by atoms with E-state index in [9.17, 15) is 9.59 Å². The number of amides is 2. The zero-order valence-corrected chi connectivity index (χ0v) is 19.9. The third-order valence-electron chi connectivity index (χ3n) is 5.33. The molecule has 0 aliphatic heterocycles. The summed E-state index contributed by atoms with van der Waals surface area (Å²) in [6.07, 6.45) is 1.60. The molecule has 0 saturated heterocycles. The maximum Gasteiger partial charge on any atom is 0.264 e. The molecule has 32 heavy (non-hydrogen) atoms. The van der Waals surface area contributed by atoms with Gasteiger partial charge in [-0.3, -0.25) is 9.59 Å². The number of thiophene rings is 1. The van der Waals surface area contributed by atoms with Gasteiger partial charge in [0.25, 0.3) is 5.91 Å². The molecule has 2 aromatic heterocycles. The monoisotopic (exact) mass is 452 g/mol. The van der Waals surface area contributed by atoms with Crippen molar-refractivity contribution in [1.29, 1.82) is 0 Å². The summed E-state index contributed by atoms with van der Waals surface area (Å²) in [5, 5.41) is 1.89. The lowest BCUT2D eigenvalue weighted by molar-refractivity contribution is -0.132. The summed E-state index contributed by atoms with van der Waals surface area (Å²) in [5.74, 6) is 1.88. The molecule has 1 aromatic carbocycles. The molecule has 0 unspecified atom stereocenters. The van der Waals surface area contributed by atoms with Crippen LogP contribution in [0.4, 0.5) is 0 Å². The van der Waals surface area contributed by atoms with Crippen LogP contribution in [0.1, 0.15) is 47.0 Å². The molecule has 0 fully saturated rings. The molecule has 3 aromatic rings. The summed E-state index contributed by atoms with van der Waals surface area (Å²) < 4.78 is 5.73. The van der Waals surface area contributed by atoms with Gasteiger partial charge in [-0.2, -0.15) is 0 Å². The second-order valence-corrected chi connectivity index (χ2v) is 9.40. The van der Waals surface area contributed by atoms with Crippen molar-refractivity contribution in [2.75, 3.05) is 19.6 Å². The molecular formula is C26H32N2O3S. The van der Waals surface area contributed by atoms with E-state index in [4.69, 9.17) is 4.42 Å². The topological polar surface area (TPSA) is 53.8 Å². The molecule has 0 atom stereocenters. The maximum atomic E-state index is 13.4. The van der Waals surface area contributed by atoms with Gasteiger partial charge in [-0.1, -0.05) is 50.2 Å². The second-order valence-electron chi connectivity index (χ2n) is 8.45. The molecular weight excluding hydrogens is 420 g/mol. The average molecular weight is 453 g/mol. The van der Waals surface area contributed by atoms with Gasteiger partial charge < -0.3 is 14.2 Å². The second kappa shape index (κ2) is 11.7. The molecule has 0 radical (unpaired) electrons. The predicted molar refractivity (Wildman–Crippen MR) is 129 cm³/mol. The Bertz CT molecular complexity index is 980. The highest BCUT2D eigenvalue weighted by atomic mass is 32.1. The van der Waals surface area contributed by atoms with Crippen molar-refractivity contribution in [3.05, 3.63) is 81.9 Å². The highest BCUT2D eigenvalue weighted by Gasteiger charge is 2.24. The van der Waals surface area contributed by atoms with Crippen molar-refractivity contribution < 1.29 is 14.0 Å². The van der Waals surface area contributed by atoms with E-state index in [-0.39, 0.29) is 18.4 Å². The lowest BCUT2D eigenvalue weighted by atomic mass is 10.1. The predicted octanol–water partition coefficient (Wildman–Crippen LogP) is 5.41. The molecule has 0 spiro atoms. The first-order valence-corrected chi connectivity index (χ1v) is 12.0. The fourth-order valence-electron chi connectivity index (χ4n) is 3.44. The van der Waals surface area contributed by atoms with Crippen LogP contribution in [0, 0.1) is 12.8 Å². The molecule has 6 heteroatoms. The summed E-state index contributed by atoms with van der Waals surface area (Å²) in [7, 11) is 0. The molecule has 0 aliphatic rings. The van der Waals surface area contributed by atoms with Crippen LogP contribution in [0.15, 0.2) is 64.4 Å². The summed E-state index contributed by atoms with van der Waals surface area (Å²) in [6, 6.07) is 17.6. The van der Waals surface area contributed by atoms with Gasteiger partial charge in [0.1, 0.15) is 18.1 Å². The van der Waals surface area contributed by atoms with Crippen LogP contribution in [0.2, 0.25) is 0 Å². The summed E-state index contributed by atoms with van der Waals surface area (Å²) in [5.41, 5.74) is 1.17. The van der Waals surface area contributed by atoms with E-state index in [0.29, 0.717) is 30.4 Å². The molecule has 3 rings (SSSR count). The standard InChI is InChI=1S/C26H32N2O3S/c1-20(2)13-15-28(26(30)24-10-7-17-32-24)19-25(29)27(18-23-12-11-21(3)31-23)16-14-22-8-5-4-6-9-22/h4-12,17,20H,13-16,18-19H2,1-3H3. The van der Waals surface area contributed by atoms with E-state index in [1.807, 2.05) is 54.8 Å². The van der Waals surface area contributed by atoms with Crippen molar-refractivity contribution in [3.8, 4) is 0 Å². The van der Waals surface area contributed by atoms with E-state index in [1.165, 1.54) is 16.9 Å². The van der Waals surface area contributed by atoms with Crippen LogP contribution in [-0.2, 0) is 17.8 Å². The Morgan fingerprint density at radius 3 is 2.38 bits per heavy atom. The van der Waals surface area contributed by atoms with Crippen LogP contribution in [0.25, 0.3) is 0 Å². The van der Waals surface area contributed by atoms with Gasteiger partial charge in [0.15, 0.2) is 0 Å². The molecule has 170 valence electrons. The number of carbonyl (C=O) groups is 2. The Hall–Kier alpha value is -2.86. The third-order valence-corrected chi connectivity index (χ3v) is 6.19. The minimum Gasteiger partial charge on any atom is -0.464 e. The summed E-state index contributed by atoms with van der Waals surface area (Å²) >= 11 is 1.41. The minimum absolute atomic E-state index is 0.0661. The lowest BCUT2D eigenvalue weighted by Crippen LogP contribution is -2.43. The fourth-order valence-corrected chi connectivity index (χ4v) is 4.14. The number of benzene rings is 1. The molecule has 2 amide bonds. The van der Waals surface area contributed by atoms with Crippen molar-refractivity contribution >= 4 is 23.2 Å². The number of rotatable bonds is 11. The fraction of sp³-hybridized carbons (Fsp3) is 0.385. The molecule has 0 N–H and O–H groups in total. The quantitative estimate of drug-likeness (QED) is 0.391. The molecule has 0 aliphatic carbocycles. The zero-order chi connectivity index (χ0) is 22.9. The Kier molecular flexibility index (Phi) is 8.68. The van der Waals surface area contributed by atoms with Gasteiger partial charge in [0.05, 0.1) is 11.4 Å². The number of hydrogen-bond acceptors (Lipinski definition) is 4. The highest BCUT2D eigenvalue weighted by Crippen LogP contribution is 2.16. The van der Waals surface area contributed by atoms with Crippen molar-refractivity contribution in [3.63, 3.8) is 0 Å². The number of carbonyl (C=O) groups excluding carboxylic acids is 2. The number of hydrogen-bond donors (Lipinski definition) is 0. The van der Waals surface area contributed by atoms with Gasteiger partial charge >= 0.3 is 0 Å². The molecule has 2 heterocycles. The average Bonchev–Trinajstić information content (AvgIpc) is 3.46. The Morgan fingerprint density at radius 1 is 0.969 bits per heavy atom. The van der Waals surface area contributed by atoms with E-state index >= 15 is 0 Å². The van der Waals surface area contributed by atoms with Gasteiger partial charge in [-0.25, -0.2) is 0 Å². The van der Waals surface area contributed by atoms with E-state index in [2.05, 4.69) is 26.0 Å². The Labute approximate surface area is 194 Å². The van der Waals surface area contributed by atoms with Crippen LogP contribution in [0.5, 0.6) is 0 Å². The van der Waals surface area contributed by atoms with E-state index in [1.54, 1.807) is 9.80 Å². The van der Waals surface area contributed by atoms with Crippen molar-refractivity contribution in [2.24, 2.45) is 5.92 Å². The number of furan rings is 1. The highest BCUT2D eigenvalue weighted by molar-refractivity contribution is 7.12. The normalized spacial score (nSPS) is 11.0. The van der Waals surface area contributed by atoms with Crippen molar-refractivity contribution in [1.82, 2.24) is 9.80 Å². The first kappa shape index (κ1) is 23.8. The zero-order valence-electron chi connectivity index (χ0n) is 19.1. The largest absolute Gasteiger partial charge is 0.464 e. The third kappa shape index (κ3) is 7.09. The van der Waals surface area contributed by atoms with E-state index in [0.717, 1.165) is 24.4 Å². The Morgan fingerprint density at radius 2 is 1.75 bits per heavy atom. The SMILES string of the molecule is Cc1ccc(CN(CCc2ccccc2)C(=O)CN(CCC(C)C)C(=O)c2cccs2)o1. The Balaban J connectivity index is 1.74. The van der Waals surface area contributed by atoms with Gasteiger partial charge in [0.2, 0.25) is 5.91 Å². The minimum atomic E-state index is -0.0779. The maximum absolute atomic E-state index is 13.4. The van der Waals surface area contributed by atoms with Gasteiger partial charge in [0, 0.05) is 13.1 Å². The summed E-state index contributed by atoms with van der Waals surface area (Å²) in [6.45, 7) is 7.73. The van der Waals surface area contributed by atoms with Gasteiger partial charge in [-0.15, -0.1) is 11.3 Å².